The predicted octanol–water partition coefficient (Wildman–Crippen LogP) is 5.74. The van der Waals surface area contributed by atoms with Gasteiger partial charge in [-0.3, -0.25) is 14.9 Å². The number of nitro groups is 1. The van der Waals surface area contributed by atoms with Crippen molar-refractivity contribution in [3.63, 3.8) is 0 Å². The largest absolute Gasteiger partial charge is 0.462 e. The fourth-order valence-electron chi connectivity index (χ4n) is 5.41. The smallest absolute Gasteiger partial charge is 0.336 e. The molecule has 2 atom stereocenters. The minimum Gasteiger partial charge on any atom is -0.462 e. The van der Waals surface area contributed by atoms with Crippen LogP contribution in [-0.4, -0.2) is 23.3 Å². The molecule has 0 bridgehead atoms. The number of ketones is 1. The molecule has 0 radical (unpaired) electrons. The number of hydrogen-bond donors (Lipinski definition) is 1. The molecule has 3 aromatic rings. The topological polar surface area (TPSA) is 98.5 Å². The summed E-state index contributed by atoms with van der Waals surface area (Å²) in [5.41, 5.74) is 4.69. The van der Waals surface area contributed by atoms with Gasteiger partial charge >= 0.3 is 5.97 Å². The van der Waals surface area contributed by atoms with Gasteiger partial charge in [0.25, 0.3) is 5.69 Å². The summed E-state index contributed by atoms with van der Waals surface area (Å²) in [6, 6.07) is 25.8. The zero-order chi connectivity index (χ0) is 26.6. The molecule has 0 fully saturated rings. The number of dihydropyridines is 1. The van der Waals surface area contributed by atoms with Crippen LogP contribution in [0.1, 0.15) is 48.3 Å². The fourth-order valence-corrected chi connectivity index (χ4v) is 5.41. The molecule has 1 aliphatic heterocycles. The molecule has 3 aromatic carbocycles. The van der Waals surface area contributed by atoms with Crippen LogP contribution in [-0.2, 0) is 20.7 Å². The number of carbonyl (C=O) groups is 2. The molecule has 192 valence electrons. The SMILES string of the molecule is CC1=C(C(=O)OCCc2ccccc2)C(c2cccc([N+](=O)[O-])c2)C2=C(CC(c3ccccc3)CC2=O)N1. The van der Waals surface area contributed by atoms with E-state index in [9.17, 15) is 19.7 Å². The second kappa shape index (κ2) is 10.8. The van der Waals surface area contributed by atoms with Crippen molar-refractivity contribution in [2.75, 3.05) is 6.61 Å². The van der Waals surface area contributed by atoms with Gasteiger partial charge in [-0.2, -0.15) is 0 Å². The van der Waals surface area contributed by atoms with Crippen LogP contribution in [0.25, 0.3) is 0 Å². The van der Waals surface area contributed by atoms with Gasteiger partial charge in [-0.25, -0.2) is 4.79 Å². The van der Waals surface area contributed by atoms with Crippen molar-refractivity contribution in [2.24, 2.45) is 0 Å². The van der Waals surface area contributed by atoms with Gasteiger partial charge in [0, 0.05) is 47.9 Å². The van der Waals surface area contributed by atoms with Crippen molar-refractivity contribution in [3.8, 4) is 0 Å². The van der Waals surface area contributed by atoms with Crippen LogP contribution in [0.2, 0.25) is 0 Å². The van der Waals surface area contributed by atoms with E-state index in [1.807, 2.05) is 60.7 Å². The average molecular weight is 509 g/mol. The third-order valence-corrected chi connectivity index (χ3v) is 7.20. The summed E-state index contributed by atoms with van der Waals surface area (Å²) in [7, 11) is 0. The normalized spacial score (nSPS) is 19.0. The minimum atomic E-state index is -0.750. The Hall–Kier alpha value is -4.52. The van der Waals surface area contributed by atoms with Crippen LogP contribution in [0.4, 0.5) is 5.69 Å². The number of ether oxygens (including phenoxy) is 1. The zero-order valence-corrected chi connectivity index (χ0v) is 21.1. The van der Waals surface area contributed by atoms with Gasteiger partial charge in [0.15, 0.2) is 5.78 Å². The van der Waals surface area contributed by atoms with E-state index in [0.717, 1.165) is 16.8 Å². The molecule has 0 spiro atoms. The molecule has 0 saturated carbocycles. The molecule has 0 aromatic heterocycles. The lowest BCUT2D eigenvalue weighted by Gasteiger charge is -2.36. The first-order valence-corrected chi connectivity index (χ1v) is 12.7. The maximum Gasteiger partial charge on any atom is 0.336 e. The molecular weight excluding hydrogens is 480 g/mol. The quantitative estimate of drug-likeness (QED) is 0.248. The van der Waals surface area contributed by atoms with E-state index in [4.69, 9.17) is 4.74 Å². The maximum absolute atomic E-state index is 13.7. The van der Waals surface area contributed by atoms with E-state index in [-0.39, 0.29) is 24.0 Å². The monoisotopic (exact) mass is 508 g/mol. The van der Waals surface area contributed by atoms with Crippen molar-refractivity contribution < 1.29 is 19.2 Å². The molecule has 1 heterocycles. The van der Waals surface area contributed by atoms with Crippen molar-refractivity contribution in [1.29, 1.82) is 0 Å². The Labute approximate surface area is 221 Å². The first-order valence-electron chi connectivity index (χ1n) is 12.7. The van der Waals surface area contributed by atoms with Crippen molar-refractivity contribution in [2.45, 2.75) is 38.0 Å². The van der Waals surface area contributed by atoms with Gasteiger partial charge in [-0.05, 0) is 36.0 Å². The molecule has 5 rings (SSSR count). The first-order chi connectivity index (χ1) is 18.4. The number of non-ortho nitro benzene ring substituents is 1. The highest BCUT2D eigenvalue weighted by atomic mass is 16.6. The van der Waals surface area contributed by atoms with E-state index < -0.39 is 16.8 Å². The lowest BCUT2D eigenvalue weighted by molar-refractivity contribution is -0.384. The van der Waals surface area contributed by atoms with Gasteiger partial charge in [0.2, 0.25) is 0 Å². The Bertz CT molecular complexity index is 1440. The minimum absolute atomic E-state index is 0.00730. The molecule has 0 saturated heterocycles. The lowest BCUT2D eigenvalue weighted by atomic mass is 9.71. The number of nitrogens with zero attached hydrogens (tertiary/aromatic N) is 1. The number of esters is 1. The Morgan fingerprint density at radius 1 is 0.974 bits per heavy atom. The van der Waals surface area contributed by atoms with Crippen LogP contribution in [0, 0.1) is 10.1 Å². The third kappa shape index (κ3) is 5.13. The van der Waals surface area contributed by atoms with Crippen LogP contribution >= 0.6 is 0 Å². The van der Waals surface area contributed by atoms with Gasteiger partial charge < -0.3 is 10.1 Å². The van der Waals surface area contributed by atoms with Crippen LogP contribution in [0.5, 0.6) is 0 Å². The van der Waals surface area contributed by atoms with Crippen molar-refractivity contribution in [3.05, 3.63) is 134 Å². The average Bonchev–Trinajstić information content (AvgIpc) is 2.93. The number of nitro benzene ring substituents is 1. The summed E-state index contributed by atoms with van der Waals surface area (Å²) in [5, 5.41) is 14.9. The highest BCUT2D eigenvalue weighted by molar-refractivity contribution is 6.04. The number of Topliss-reactive ketones (excluding diaryl/α,β-unsaturated/α-hetero) is 1. The Balaban J connectivity index is 1.50. The second-order valence-electron chi connectivity index (χ2n) is 9.65. The summed E-state index contributed by atoms with van der Waals surface area (Å²) < 4.78 is 5.69. The van der Waals surface area contributed by atoms with E-state index in [0.29, 0.717) is 41.7 Å². The van der Waals surface area contributed by atoms with Gasteiger partial charge in [-0.1, -0.05) is 72.8 Å². The molecule has 2 unspecified atom stereocenters. The van der Waals surface area contributed by atoms with Gasteiger partial charge in [0.1, 0.15) is 0 Å². The summed E-state index contributed by atoms with van der Waals surface area (Å²) >= 11 is 0. The number of hydrogen-bond acceptors (Lipinski definition) is 6. The summed E-state index contributed by atoms with van der Waals surface area (Å²) in [6.07, 6.45) is 1.45. The summed E-state index contributed by atoms with van der Waals surface area (Å²) in [5.74, 6) is -1.36. The highest BCUT2D eigenvalue weighted by Crippen LogP contribution is 2.46. The molecule has 2 aliphatic rings. The highest BCUT2D eigenvalue weighted by Gasteiger charge is 2.41. The van der Waals surface area contributed by atoms with Crippen LogP contribution in [0.3, 0.4) is 0 Å². The molecule has 1 N–H and O–H groups in total. The zero-order valence-electron chi connectivity index (χ0n) is 21.1. The van der Waals surface area contributed by atoms with E-state index >= 15 is 0 Å². The number of carbonyl (C=O) groups excluding carboxylic acids is 2. The molecule has 0 amide bonds. The molecular formula is C31H28N2O5. The Morgan fingerprint density at radius 3 is 2.37 bits per heavy atom. The second-order valence-corrected chi connectivity index (χ2v) is 9.65. The Kier molecular flexibility index (Phi) is 7.18. The third-order valence-electron chi connectivity index (χ3n) is 7.20. The summed E-state index contributed by atoms with van der Waals surface area (Å²) in [6.45, 7) is 1.97. The molecule has 38 heavy (non-hydrogen) atoms. The predicted molar refractivity (Wildman–Crippen MR) is 143 cm³/mol. The van der Waals surface area contributed by atoms with Crippen LogP contribution in [0.15, 0.2) is 107 Å². The van der Waals surface area contributed by atoms with Gasteiger partial charge in [0.05, 0.1) is 17.1 Å². The van der Waals surface area contributed by atoms with Crippen LogP contribution < -0.4 is 5.32 Å². The Morgan fingerprint density at radius 2 is 1.66 bits per heavy atom. The van der Waals surface area contributed by atoms with Crippen molar-refractivity contribution >= 4 is 17.4 Å². The van der Waals surface area contributed by atoms with E-state index in [2.05, 4.69) is 5.32 Å². The number of rotatable bonds is 7. The lowest BCUT2D eigenvalue weighted by Crippen LogP contribution is -2.36. The maximum atomic E-state index is 13.7. The summed E-state index contributed by atoms with van der Waals surface area (Å²) in [4.78, 5) is 38.2. The fraction of sp³-hybridized carbons (Fsp3) is 0.226. The molecule has 1 aliphatic carbocycles. The number of nitrogens with one attached hydrogen (secondary N) is 1. The van der Waals surface area contributed by atoms with Gasteiger partial charge in [-0.15, -0.1) is 0 Å². The standard InChI is InChI=1S/C31H28N2O5/c1-20-28(31(35)38-16-15-21-9-4-2-5-10-21)29(23-13-8-14-25(17-23)33(36)37)30-26(32-20)18-24(19-27(30)34)22-11-6-3-7-12-22/h2-14,17,24,29,32H,15-16,18-19H2,1H3. The molecule has 7 heteroatoms. The van der Waals surface area contributed by atoms with E-state index in [1.54, 1.807) is 19.1 Å². The molecule has 7 nitrogen and oxygen atoms in total. The van der Waals surface area contributed by atoms with Crippen molar-refractivity contribution in [1.82, 2.24) is 5.32 Å². The number of allylic oxidation sites excluding steroid dienone is 3. The van der Waals surface area contributed by atoms with E-state index in [1.165, 1.54) is 12.1 Å². The number of benzene rings is 3. The first kappa shape index (κ1) is 25.1.